The van der Waals surface area contributed by atoms with Crippen LogP contribution in [-0.4, -0.2) is 28.9 Å². The molecule has 1 fully saturated rings. The number of carbonyl (C=O) groups is 2. The highest BCUT2D eigenvalue weighted by molar-refractivity contribution is 5.93. The third-order valence-corrected chi connectivity index (χ3v) is 4.59. The number of rotatable bonds is 5. The predicted octanol–water partition coefficient (Wildman–Crippen LogP) is 3.50. The standard InChI is InChI=1S/C19H26N2O5/c1-12(17(22)20-14-7-5-6-8-14)26-18(23)13-9-10-15(19(2,3)4)16(11-13)21(24)25/h9-12,14H,5-8H2,1-4H3,(H,20,22). The lowest BCUT2D eigenvalue weighted by Crippen LogP contribution is -2.40. The van der Waals surface area contributed by atoms with Crippen molar-refractivity contribution in [3.8, 4) is 0 Å². The number of nitrogens with zero attached hydrogens (tertiary/aromatic N) is 1. The first kappa shape index (κ1) is 19.9. The molecule has 0 heterocycles. The zero-order valence-electron chi connectivity index (χ0n) is 15.7. The number of carbonyl (C=O) groups excluding carboxylic acids is 2. The van der Waals surface area contributed by atoms with Gasteiger partial charge in [0.15, 0.2) is 6.10 Å². The first-order valence-corrected chi connectivity index (χ1v) is 8.90. The summed E-state index contributed by atoms with van der Waals surface area (Å²) in [5.74, 6) is -1.09. The maximum atomic E-state index is 12.3. The van der Waals surface area contributed by atoms with Gasteiger partial charge in [-0.25, -0.2) is 4.79 Å². The highest BCUT2D eigenvalue weighted by Gasteiger charge is 2.28. The van der Waals surface area contributed by atoms with E-state index in [4.69, 9.17) is 4.74 Å². The molecule has 1 N–H and O–H groups in total. The molecular weight excluding hydrogens is 336 g/mol. The Kier molecular flexibility index (Phi) is 6.00. The smallest absolute Gasteiger partial charge is 0.339 e. The van der Waals surface area contributed by atoms with E-state index < -0.39 is 22.4 Å². The van der Waals surface area contributed by atoms with Crippen molar-refractivity contribution in [1.29, 1.82) is 0 Å². The van der Waals surface area contributed by atoms with Gasteiger partial charge in [-0.1, -0.05) is 39.7 Å². The molecule has 1 unspecified atom stereocenters. The molecule has 7 heteroatoms. The minimum atomic E-state index is -0.954. The molecule has 1 aliphatic rings. The fourth-order valence-electron chi connectivity index (χ4n) is 3.11. The molecule has 1 saturated carbocycles. The van der Waals surface area contributed by atoms with Crippen molar-refractivity contribution in [3.05, 3.63) is 39.4 Å². The maximum Gasteiger partial charge on any atom is 0.339 e. The highest BCUT2D eigenvalue weighted by atomic mass is 16.6. The molecule has 26 heavy (non-hydrogen) atoms. The quantitative estimate of drug-likeness (QED) is 0.491. The number of nitro benzene ring substituents is 1. The summed E-state index contributed by atoms with van der Waals surface area (Å²) >= 11 is 0. The molecule has 1 aliphatic carbocycles. The molecule has 142 valence electrons. The Morgan fingerprint density at radius 2 is 1.88 bits per heavy atom. The van der Waals surface area contributed by atoms with Gasteiger partial charge in [-0.05, 0) is 31.2 Å². The van der Waals surface area contributed by atoms with Gasteiger partial charge < -0.3 is 10.1 Å². The molecule has 0 aromatic heterocycles. The van der Waals surface area contributed by atoms with Crippen molar-refractivity contribution in [2.24, 2.45) is 0 Å². The maximum absolute atomic E-state index is 12.3. The highest BCUT2D eigenvalue weighted by Crippen LogP contribution is 2.32. The van der Waals surface area contributed by atoms with E-state index in [0.717, 1.165) is 25.7 Å². The summed E-state index contributed by atoms with van der Waals surface area (Å²) in [5.41, 5.74) is 0.0329. The number of hydrogen-bond donors (Lipinski definition) is 1. The molecule has 0 bridgehead atoms. The van der Waals surface area contributed by atoms with Gasteiger partial charge in [-0.15, -0.1) is 0 Å². The van der Waals surface area contributed by atoms with E-state index in [9.17, 15) is 19.7 Å². The summed E-state index contributed by atoms with van der Waals surface area (Å²) in [5, 5.41) is 14.2. The van der Waals surface area contributed by atoms with Crippen LogP contribution in [0.5, 0.6) is 0 Å². The number of amides is 1. The Bertz CT molecular complexity index is 702. The van der Waals surface area contributed by atoms with E-state index in [0.29, 0.717) is 5.56 Å². The van der Waals surface area contributed by atoms with Gasteiger partial charge in [-0.2, -0.15) is 0 Å². The first-order chi connectivity index (χ1) is 12.1. The van der Waals surface area contributed by atoms with Gasteiger partial charge in [0, 0.05) is 17.7 Å². The Morgan fingerprint density at radius 1 is 1.27 bits per heavy atom. The lowest BCUT2D eigenvalue weighted by Gasteiger charge is -2.20. The average Bonchev–Trinajstić information content (AvgIpc) is 3.06. The van der Waals surface area contributed by atoms with E-state index in [2.05, 4.69) is 5.32 Å². The van der Waals surface area contributed by atoms with Gasteiger partial charge in [-0.3, -0.25) is 14.9 Å². The average molecular weight is 362 g/mol. The van der Waals surface area contributed by atoms with Gasteiger partial charge in [0.2, 0.25) is 0 Å². The van der Waals surface area contributed by atoms with Crippen molar-refractivity contribution in [2.75, 3.05) is 0 Å². The zero-order chi connectivity index (χ0) is 19.5. The van der Waals surface area contributed by atoms with Crippen molar-refractivity contribution < 1.29 is 19.2 Å². The summed E-state index contributed by atoms with van der Waals surface area (Å²) in [7, 11) is 0. The molecule has 1 aromatic carbocycles. The van der Waals surface area contributed by atoms with E-state index >= 15 is 0 Å². The first-order valence-electron chi connectivity index (χ1n) is 8.90. The second-order valence-electron chi connectivity index (χ2n) is 7.78. The molecule has 7 nitrogen and oxygen atoms in total. The number of hydrogen-bond acceptors (Lipinski definition) is 5. The van der Waals surface area contributed by atoms with Crippen LogP contribution in [0.15, 0.2) is 18.2 Å². The van der Waals surface area contributed by atoms with E-state index in [-0.39, 0.29) is 23.2 Å². The number of nitrogens with one attached hydrogen (secondary N) is 1. The summed E-state index contributed by atoms with van der Waals surface area (Å²) in [6, 6.07) is 4.41. The molecular formula is C19H26N2O5. The molecule has 0 spiro atoms. The van der Waals surface area contributed by atoms with Crippen molar-refractivity contribution in [3.63, 3.8) is 0 Å². The number of esters is 1. The summed E-state index contributed by atoms with van der Waals surface area (Å²) in [4.78, 5) is 35.3. The lowest BCUT2D eigenvalue weighted by atomic mass is 9.85. The van der Waals surface area contributed by atoms with Gasteiger partial charge in [0.1, 0.15) is 0 Å². The van der Waals surface area contributed by atoms with Gasteiger partial charge in [0.05, 0.1) is 10.5 Å². The Morgan fingerprint density at radius 3 is 2.42 bits per heavy atom. The lowest BCUT2D eigenvalue weighted by molar-refractivity contribution is -0.386. The summed E-state index contributed by atoms with van der Waals surface area (Å²) < 4.78 is 5.20. The topological polar surface area (TPSA) is 98.5 Å². The minimum absolute atomic E-state index is 0.0604. The number of benzene rings is 1. The minimum Gasteiger partial charge on any atom is -0.449 e. The monoisotopic (exact) mass is 362 g/mol. The predicted molar refractivity (Wildman–Crippen MR) is 97.1 cm³/mol. The Hall–Kier alpha value is -2.44. The SMILES string of the molecule is CC(OC(=O)c1ccc(C(C)(C)C)c([N+](=O)[O-])c1)C(=O)NC1CCCC1. The number of nitro groups is 1. The fraction of sp³-hybridized carbons (Fsp3) is 0.579. The molecule has 2 rings (SSSR count). The van der Waals surface area contributed by atoms with Gasteiger partial charge >= 0.3 is 5.97 Å². The van der Waals surface area contributed by atoms with Crippen LogP contribution in [-0.2, 0) is 14.9 Å². The van der Waals surface area contributed by atoms with Crippen LogP contribution < -0.4 is 5.32 Å². The summed E-state index contributed by atoms with van der Waals surface area (Å²) in [6.07, 6.45) is 3.09. The normalized spacial score (nSPS) is 16.2. The van der Waals surface area contributed by atoms with E-state index in [1.54, 1.807) is 6.07 Å². The van der Waals surface area contributed by atoms with Crippen molar-refractivity contribution in [2.45, 2.75) is 70.9 Å². The van der Waals surface area contributed by atoms with Crippen LogP contribution in [0.4, 0.5) is 5.69 Å². The van der Waals surface area contributed by atoms with Crippen LogP contribution in [0.1, 0.15) is 69.3 Å². The molecule has 0 aliphatic heterocycles. The number of ether oxygens (including phenoxy) is 1. The molecule has 1 amide bonds. The van der Waals surface area contributed by atoms with Crippen LogP contribution in [0, 0.1) is 10.1 Å². The Labute approximate surface area is 153 Å². The second kappa shape index (κ2) is 7.85. The van der Waals surface area contributed by atoms with Crippen LogP contribution in [0.3, 0.4) is 0 Å². The molecule has 1 aromatic rings. The third-order valence-electron chi connectivity index (χ3n) is 4.59. The van der Waals surface area contributed by atoms with Crippen LogP contribution in [0.2, 0.25) is 0 Å². The largest absolute Gasteiger partial charge is 0.449 e. The molecule has 1 atom stereocenters. The van der Waals surface area contributed by atoms with Crippen molar-refractivity contribution >= 4 is 17.6 Å². The zero-order valence-corrected chi connectivity index (χ0v) is 15.7. The summed E-state index contributed by atoms with van der Waals surface area (Å²) in [6.45, 7) is 7.09. The van der Waals surface area contributed by atoms with Crippen molar-refractivity contribution in [1.82, 2.24) is 5.32 Å². The third kappa shape index (κ3) is 4.80. The van der Waals surface area contributed by atoms with E-state index in [1.807, 2.05) is 20.8 Å². The molecule has 0 radical (unpaired) electrons. The van der Waals surface area contributed by atoms with E-state index in [1.165, 1.54) is 19.1 Å². The second-order valence-corrected chi connectivity index (χ2v) is 7.78. The van der Waals surface area contributed by atoms with Gasteiger partial charge in [0.25, 0.3) is 11.6 Å². The Balaban J connectivity index is 2.10. The molecule has 0 saturated heterocycles. The van der Waals surface area contributed by atoms with Crippen LogP contribution >= 0.6 is 0 Å². The fourth-order valence-corrected chi connectivity index (χ4v) is 3.11. The van der Waals surface area contributed by atoms with Crippen LogP contribution in [0.25, 0.3) is 0 Å².